The van der Waals surface area contributed by atoms with E-state index in [1.807, 2.05) is 23.3 Å². The molecular weight excluding hydrogens is 348 g/mol. The fourth-order valence-corrected chi connectivity index (χ4v) is 3.82. The molecule has 1 unspecified atom stereocenters. The molecule has 0 bridgehead atoms. The quantitative estimate of drug-likeness (QED) is 0.580. The van der Waals surface area contributed by atoms with Crippen LogP contribution in [0.25, 0.3) is 5.69 Å². The molecule has 0 radical (unpaired) electrons. The zero-order valence-electron chi connectivity index (χ0n) is 15.6. The van der Waals surface area contributed by atoms with Crippen molar-refractivity contribution in [1.82, 2.24) is 24.5 Å². The SMILES string of the molecule is c1cc(NCc2ccc(-n3cccn3)cc2)cc(C2CCc3nncn3C2)c1. The predicted octanol–water partition coefficient (Wildman–Crippen LogP) is 3.81. The molecule has 0 spiro atoms. The minimum Gasteiger partial charge on any atom is -0.381 e. The number of aryl methyl sites for hydroxylation is 1. The number of hydrogen-bond donors (Lipinski definition) is 1. The van der Waals surface area contributed by atoms with E-state index < -0.39 is 0 Å². The zero-order chi connectivity index (χ0) is 18.8. The van der Waals surface area contributed by atoms with Crippen molar-refractivity contribution >= 4 is 5.69 Å². The van der Waals surface area contributed by atoms with Gasteiger partial charge in [-0.15, -0.1) is 10.2 Å². The number of nitrogens with zero attached hydrogens (tertiary/aromatic N) is 5. The largest absolute Gasteiger partial charge is 0.381 e. The lowest BCUT2D eigenvalue weighted by Gasteiger charge is -2.24. The van der Waals surface area contributed by atoms with Crippen LogP contribution < -0.4 is 5.32 Å². The lowest BCUT2D eigenvalue weighted by Crippen LogP contribution is -2.18. The molecule has 1 N–H and O–H groups in total. The van der Waals surface area contributed by atoms with Crippen LogP contribution in [0.5, 0.6) is 0 Å². The summed E-state index contributed by atoms with van der Waals surface area (Å²) in [4.78, 5) is 0. The molecule has 0 saturated carbocycles. The molecular formula is C22H22N6. The molecule has 6 heteroatoms. The summed E-state index contributed by atoms with van der Waals surface area (Å²) in [6, 6.07) is 19.2. The summed E-state index contributed by atoms with van der Waals surface area (Å²) in [6.45, 7) is 1.75. The third kappa shape index (κ3) is 3.41. The molecule has 1 aliphatic heterocycles. The van der Waals surface area contributed by atoms with E-state index in [1.54, 1.807) is 6.20 Å². The maximum atomic E-state index is 4.27. The van der Waals surface area contributed by atoms with Crippen molar-refractivity contribution < 1.29 is 0 Å². The normalized spacial score (nSPS) is 15.9. The van der Waals surface area contributed by atoms with Crippen LogP contribution in [0.4, 0.5) is 5.69 Å². The number of benzene rings is 2. The third-order valence-electron chi connectivity index (χ3n) is 5.39. The van der Waals surface area contributed by atoms with Gasteiger partial charge in [-0.1, -0.05) is 24.3 Å². The van der Waals surface area contributed by atoms with Gasteiger partial charge in [0.2, 0.25) is 0 Å². The topological polar surface area (TPSA) is 60.6 Å². The molecule has 0 aliphatic carbocycles. The molecule has 140 valence electrons. The van der Waals surface area contributed by atoms with Crippen LogP contribution in [0.2, 0.25) is 0 Å². The molecule has 0 saturated heterocycles. The second-order valence-electron chi connectivity index (χ2n) is 7.23. The fraction of sp³-hybridized carbons (Fsp3) is 0.227. The maximum Gasteiger partial charge on any atom is 0.132 e. The van der Waals surface area contributed by atoms with Gasteiger partial charge in [-0.05, 0) is 47.9 Å². The molecule has 0 amide bonds. The number of fused-ring (bicyclic) bond motifs is 1. The molecule has 0 fully saturated rings. The highest BCUT2D eigenvalue weighted by molar-refractivity contribution is 5.47. The van der Waals surface area contributed by atoms with Crippen LogP contribution in [0.1, 0.15) is 29.3 Å². The van der Waals surface area contributed by atoms with Crippen LogP contribution in [-0.2, 0) is 19.5 Å². The first-order chi connectivity index (χ1) is 13.8. The Balaban J connectivity index is 1.25. The first-order valence-corrected chi connectivity index (χ1v) is 9.65. The van der Waals surface area contributed by atoms with Gasteiger partial charge in [0.05, 0.1) is 5.69 Å². The van der Waals surface area contributed by atoms with Gasteiger partial charge in [0.15, 0.2) is 0 Å². The van der Waals surface area contributed by atoms with E-state index in [9.17, 15) is 0 Å². The highest BCUT2D eigenvalue weighted by atomic mass is 15.3. The molecule has 3 heterocycles. The number of rotatable bonds is 5. The summed E-state index contributed by atoms with van der Waals surface area (Å²) in [5, 5.41) is 16.0. The Kier molecular flexibility index (Phi) is 4.37. The van der Waals surface area contributed by atoms with Crippen molar-refractivity contribution in [2.75, 3.05) is 5.32 Å². The fourth-order valence-electron chi connectivity index (χ4n) is 3.82. The monoisotopic (exact) mass is 370 g/mol. The van der Waals surface area contributed by atoms with Crippen LogP contribution in [0, 0.1) is 0 Å². The van der Waals surface area contributed by atoms with E-state index in [0.29, 0.717) is 5.92 Å². The van der Waals surface area contributed by atoms with Gasteiger partial charge in [0.25, 0.3) is 0 Å². The summed E-state index contributed by atoms with van der Waals surface area (Å²) < 4.78 is 4.04. The Labute approximate surface area is 163 Å². The zero-order valence-corrected chi connectivity index (χ0v) is 15.6. The molecule has 6 nitrogen and oxygen atoms in total. The van der Waals surface area contributed by atoms with E-state index in [0.717, 1.165) is 43.1 Å². The number of nitrogens with one attached hydrogen (secondary N) is 1. The van der Waals surface area contributed by atoms with Crippen LogP contribution in [0.15, 0.2) is 73.3 Å². The summed E-state index contributed by atoms with van der Waals surface area (Å²) in [6.07, 6.45) is 7.70. The van der Waals surface area contributed by atoms with Crippen LogP contribution in [-0.4, -0.2) is 24.5 Å². The minimum atomic E-state index is 0.513. The van der Waals surface area contributed by atoms with Crippen LogP contribution >= 0.6 is 0 Å². The lowest BCUT2D eigenvalue weighted by atomic mass is 9.91. The molecule has 2 aromatic heterocycles. The first-order valence-electron chi connectivity index (χ1n) is 9.65. The van der Waals surface area contributed by atoms with Gasteiger partial charge in [-0.25, -0.2) is 4.68 Å². The summed E-state index contributed by atoms with van der Waals surface area (Å²) >= 11 is 0. The van der Waals surface area contributed by atoms with E-state index in [1.165, 1.54) is 11.1 Å². The van der Waals surface area contributed by atoms with Gasteiger partial charge in [0, 0.05) is 43.5 Å². The Morgan fingerprint density at radius 3 is 2.86 bits per heavy atom. The molecule has 4 aromatic rings. The highest BCUT2D eigenvalue weighted by Crippen LogP contribution is 2.29. The summed E-state index contributed by atoms with van der Waals surface area (Å²) in [7, 11) is 0. The molecule has 28 heavy (non-hydrogen) atoms. The average Bonchev–Trinajstić information content (AvgIpc) is 3.44. The number of anilines is 1. The van der Waals surface area contributed by atoms with Crippen LogP contribution in [0.3, 0.4) is 0 Å². The molecule has 1 aliphatic rings. The Bertz CT molecular complexity index is 1050. The molecule has 2 aromatic carbocycles. The standard InChI is InChI=1S/C22H22N6/c1-3-18(19-7-10-22-26-24-16-27(22)15-19)13-20(4-1)23-14-17-5-8-21(9-6-17)28-12-2-11-25-28/h1-6,8-9,11-13,16,19,23H,7,10,14-15H2. The second kappa shape index (κ2) is 7.31. The van der Waals surface area contributed by atoms with Crippen molar-refractivity contribution in [3.63, 3.8) is 0 Å². The van der Waals surface area contributed by atoms with Gasteiger partial charge in [-0.2, -0.15) is 5.10 Å². The van der Waals surface area contributed by atoms with Crippen molar-refractivity contribution in [2.45, 2.75) is 31.8 Å². The highest BCUT2D eigenvalue weighted by Gasteiger charge is 2.21. The van der Waals surface area contributed by atoms with Crippen molar-refractivity contribution in [2.24, 2.45) is 0 Å². The van der Waals surface area contributed by atoms with E-state index >= 15 is 0 Å². The van der Waals surface area contributed by atoms with E-state index in [4.69, 9.17) is 0 Å². The third-order valence-corrected chi connectivity index (χ3v) is 5.39. The summed E-state index contributed by atoms with van der Waals surface area (Å²) in [5.74, 6) is 1.61. The first kappa shape index (κ1) is 16.7. The van der Waals surface area contributed by atoms with Gasteiger partial charge < -0.3 is 9.88 Å². The van der Waals surface area contributed by atoms with Gasteiger partial charge in [-0.3, -0.25) is 0 Å². The Morgan fingerprint density at radius 2 is 2.00 bits per heavy atom. The number of aromatic nitrogens is 5. The summed E-state index contributed by atoms with van der Waals surface area (Å²) in [5.41, 5.74) is 4.84. The minimum absolute atomic E-state index is 0.513. The van der Waals surface area contributed by atoms with Crippen molar-refractivity contribution in [3.8, 4) is 5.69 Å². The lowest BCUT2D eigenvalue weighted by molar-refractivity contribution is 0.456. The van der Waals surface area contributed by atoms with E-state index in [2.05, 4.69) is 73.7 Å². The molecule has 5 rings (SSSR count). The average molecular weight is 370 g/mol. The Hall–Kier alpha value is -3.41. The van der Waals surface area contributed by atoms with Crippen molar-refractivity contribution in [3.05, 3.63) is 90.3 Å². The Morgan fingerprint density at radius 1 is 1.07 bits per heavy atom. The van der Waals surface area contributed by atoms with Crippen molar-refractivity contribution in [1.29, 1.82) is 0 Å². The second-order valence-corrected chi connectivity index (χ2v) is 7.23. The molecule has 1 atom stereocenters. The van der Waals surface area contributed by atoms with E-state index in [-0.39, 0.29) is 0 Å². The predicted molar refractivity (Wildman–Crippen MR) is 108 cm³/mol. The number of hydrogen-bond acceptors (Lipinski definition) is 4. The van der Waals surface area contributed by atoms with Gasteiger partial charge >= 0.3 is 0 Å². The smallest absolute Gasteiger partial charge is 0.132 e. The maximum absolute atomic E-state index is 4.27. The van der Waals surface area contributed by atoms with Gasteiger partial charge in [0.1, 0.15) is 12.2 Å².